The van der Waals surface area contributed by atoms with E-state index in [0.717, 1.165) is 0 Å². The monoisotopic (exact) mass is 516 g/mol. The Morgan fingerprint density at radius 3 is 1.47 bits per heavy atom. The minimum atomic E-state index is -1.39. The van der Waals surface area contributed by atoms with Crippen molar-refractivity contribution in [2.45, 2.75) is 83.9 Å². The Balaban J connectivity index is 3.38. The number of hydrogen-bond donors (Lipinski definition) is 1. The number of ether oxygens (including phenoxy) is 6. The summed E-state index contributed by atoms with van der Waals surface area (Å²) in [6.07, 6.45) is -5.40. The average Bonchev–Trinajstić information content (AvgIpc) is 2.86. The second kappa shape index (κ2) is 15.5. The predicted octanol–water partition coefficient (Wildman–Crippen LogP) is 0.856. The molecule has 0 unspecified atom stereocenters. The van der Waals surface area contributed by atoms with Gasteiger partial charge < -0.3 is 33.5 Å². The molecule has 0 aromatic rings. The van der Waals surface area contributed by atoms with E-state index < -0.39 is 79.5 Å². The maximum atomic E-state index is 12.2. The van der Waals surface area contributed by atoms with Crippen LogP contribution in [0.3, 0.4) is 0 Å². The van der Waals surface area contributed by atoms with Gasteiger partial charge in [0.1, 0.15) is 25.4 Å². The Morgan fingerprint density at radius 1 is 0.639 bits per heavy atom. The molecular weight excluding hydrogens is 484 g/mol. The fourth-order valence-corrected chi connectivity index (χ4v) is 3.01. The first-order valence-electron chi connectivity index (χ1n) is 11.5. The second-order valence-corrected chi connectivity index (χ2v) is 7.48. The van der Waals surface area contributed by atoms with Gasteiger partial charge in [0.15, 0.2) is 18.3 Å². The molecule has 1 aliphatic rings. The van der Waals surface area contributed by atoms with Gasteiger partial charge in [0, 0.05) is 37.8 Å². The largest absolute Gasteiger partial charge is 0.478 e. The van der Waals surface area contributed by atoms with Crippen molar-refractivity contribution in [3.8, 4) is 0 Å². The maximum Gasteiger partial charge on any atom is 0.331 e. The first-order valence-corrected chi connectivity index (χ1v) is 11.5. The van der Waals surface area contributed by atoms with Gasteiger partial charge in [-0.3, -0.25) is 19.2 Å². The summed E-state index contributed by atoms with van der Waals surface area (Å²) in [6.45, 7) is 5.18. The molecule has 1 aliphatic heterocycles. The number of esters is 5. The summed E-state index contributed by atoms with van der Waals surface area (Å²) in [7, 11) is 0. The third kappa shape index (κ3) is 10.0. The van der Waals surface area contributed by atoms with E-state index in [0.29, 0.717) is 12.2 Å². The quantitative estimate of drug-likeness (QED) is 0.207. The molecule has 202 valence electrons. The van der Waals surface area contributed by atoms with Gasteiger partial charge in [-0.05, 0) is 0 Å². The Kier molecular flexibility index (Phi) is 13.2. The smallest absolute Gasteiger partial charge is 0.331 e. The van der Waals surface area contributed by atoms with Crippen LogP contribution in [0.5, 0.6) is 0 Å². The minimum absolute atomic E-state index is 0.0389. The van der Waals surface area contributed by atoms with Crippen LogP contribution in [0.25, 0.3) is 0 Å². The van der Waals surface area contributed by atoms with E-state index in [4.69, 9.17) is 33.5 Å². The Morgan fingerprint density at radius 2 is 1.06 bits per heavy atom. The van der Waals surface area contributed by atoms with Gasteiger partial charge in [0.25, 0.3) is 0 Å². The Hall–Kier alpha value is -3.48. The molecule has 0 spiro atoms. The minimum Gasteiger partial charge on any atom is -0.478 e. The van der Waals surface area contributed by atoms with Gasteiger partial charge in [-0.2, -0.15) is 0 Å². The van der Waals surface area contributed by atoms with Gasteiger partial charge in [-0.15, -0.1) is 0 Å². The lowest BCUT2D eigenvalue weighted by atomic mass is 9.94. The van der Waals surface area contributed by atoms with Crippen LogP contribution >= 0.6 is 0 Å². The third-order valence-electron chi connectivity index (χ3n) is 4.85. The highest BCUT2D eigenvalue weighted by Crippen LogP contribution is 2.30. The van der Waals surface area contributed by atoms with Crippen LogP contribution in [0.15, 0.2) is 12.2 Å². The van der Waals surface area contributed by atoms with Crippen molar-refractivity contribution in [2.24, 2.45) is 0 Å². The molecule has 0 saturated carbocycles. The van der Waals surface area contributed by atoms with Gasteiger partial charge in [0.05, 0.1) is 0 Å². The molecule has 0 aromatic carbocycles. The molecule has 1 saturated heterocycles. The molecule has 13 heteroatoms. The molecule has 1 fully saturated rings. The molecule has 0 aromatic heterocycles. The van der Waals surface area contributed by atoms with Crippen LogP contribution in [0, 0.1) is 0 Å². The van der Waals surface area contributed by atoms with Crippen molar-refractivity contribution in [3.63, 3.8) is 0 Å². The van der Waals surface area contributed by atoms with E-state index in [1.54, 1.807) is 6.92 Å². The summed E-state index contributed by atoms with van der Waals surface area (Å²) in [5.74, 6) is -5.08. The van der Waals surface area contributed by atoms with Crippen LogP contribution in [-0.4, -0.2) is 84.7 Å². The van der Waals surface area contributed by atoms with Gasteiger partial charge in [-0.1, -0.05) is 27.7 Å². The van der Waals surface area contributed by atoms with Gasteiger partial charge >= 0.3 is 35.8 Å². The zero-order valence-corrected chi connectivity index (χ0v) is 20.6. The van der Waals surface area contributed by atoms with Crippen LogP contribution in [0.2, 0.25) is 0 Å². The summed E-state index contributed by atoms with van der Waals surface area (Å²) < 4.78 is 32.4. The van der Waals surface area contributed by atoms with Crippen molar-refractivity contribution >= 4 is 35.8 Å². The highest BCUT2D eigenvalue weighted by atomic mass is 16.7. The zero-order valence-electron chi connectivity index (χ0n) is 20.6. The molecular formula is C23H32O13. The molecule has 0 radical (unpaired) electrons. The molecule has 1 N–H and O–H groups in total. The molecule has 1 heterocycles. The highest BCUT2D eigenvalue weighted by Gasteiger charge is 2.52. The van der Waals surface area contributed by atoms with Gasteiger partial charge in [0.2, 0.25) is 0 Å². The summed E-state index contributed by atoms with van der Waals surface area (Å²) in [5, 5.41) is 8.66. The van der Waals surface area contributed by atoms with Crippen molar-refractivity contribution in [1.82, 2.24) is 0 Å². The van der Waals surface area contributed by atoms with Crippen molar-refractivity contribution in [1.29, 1.82) is 0 Å². The number of aliphatic carboxylic acids is 1. The summed E-state index contributed by atoms with van der Waals surface area (Å²) >= 11 is 0. The topological polar surface area (TPSA) is 178 Å². The number of carbonyl (C=O) groups is 6. The standard InChI is InChI=1S/C23H32O13/c1-5-16(26)31-11-13-21(34-17(27)6-2)23(36-19(29)8-4)22(35-18(28)7-3)14(33-13)12-32-20(30)10-9-15(24)25/h9-10,13-14,21-23H,5-8,11-12H2,1-4H3,(H,24,25)/b10-9+/t13-,14-,21-,22-,23+/m1/s1. The predicted molar refractivity (Wildman–Crippen MR) is 118 cm³/mol. The number of carboxylic acid groups (broad SMARTS) is 1. The van der Waals surface area contributed by atoms with E-state index in [2.05, 4.69) is 0 Å². The number of carbonyl (C=O) groups excluding carboxylic acids is 5. The zero-order chi connectivity index (χ0) is 27.3. The Bertz CT molecular complexity index is 834. The molecule has 0 amide bonds. The van der Waals surface area contributed by atoms with E-state index in [9.17, 15) is 28.8 Å². The SMILES string of the molecule is CCC(=O)OC[C@H]1O[C@H](COC(=O)/C=C/C(=O)O)[C@@H](OC(=O)CC)[C@@H](OC(=O)CC)[C@@H]1OC(=O)CC. The Labute approximate surface area is 208 Å². The molecule has 0 bridgehead atoms. The van der Waals surface area contributed by atoms with Gasteiger partial charge in [-0.25, -0.2) is 9.59 Å². The molecule has 0 aliphatic carbocycles. The first-order chi connectivity index (χ1) is 17.1. The maximum absolute atomic E-state index is 12.2. The van der Waals surface area contributed by atoms with Crippen molar-refractivity contribution in [3.05, 3.63) is 12.2 Å². The van der Waals surface area contributed by atoms with E-state index in [-0.39, 0.29) is 25.7 Å². The number of carboxylic acids is 1. The lowest BCUT2D eigenvalue weighted by Gasteiger charge is -2.44. The third-order valence-corrected chi connectivity index (χ3v) is 4.85. The fraction of sp³-hybridized carbons (Fsp3) is 0.652. The van der Waals surface area contributed by atoms with Crippen LogP contribution < -0.4 is 0 Å². The lowest BCUT2D eigenvalue weighted by molar-refractivity contribution is -0.259. The first kappa shape index (κ1) is 30.6. The van der Waals surface area contributed by atoms with E-state index in [1.807, 2.05) is 0 Å². The van der Waals surface area contributed by atoms with Crippen LogP contribution in [0.4, 0.5) is 0 Å². The van der Waals surface area contributed by atoms with Crippen molar-refractivity contribution < 1.29 is 62.3 Å². The normalized spacial score (nSPS) is 23.4. The summed E-state index contributed by atoms with van der Waals surface area (Å²) in [4.78, 5) is 70.9. The summed E-state index contributed by atoms with van der Waals surface area (Å²) in [5.41, 5.74) is 0. The van der Waals surface area contributed by atoms with Crippen LogP contribution in [-0.2, 0) is 57.2 Å². The van der Waals surface area contributed by atoms with Crippen molar-refractivity contribution in [2.75, 3.05) is 13.2 Å². The molecule has 13 nitrogen and oxygen atoms in total. The van der Waals surface area contributed by atoms with E-state index in [1.165, 1.54) is 20.8 Å². The second-order valence-electron chi connectivity index (χ2n) is 7.48. The molecule has 1 rings (SSSR count). The summed E-state index contributed by atoms with van der Waals surface area (Å²) in [6, 6.07) is 0. The van der Waals surface area contributed by atoms with E-state index >= 15 is 0 Å². The number of rotatable bonds is 13. The highest BCUT2D eigenvalue weighted by molar-refractivity contribution is 5.90. The fourth-order valence-electron chi connectivity index (χ4n) is 3.01. The lowest BCUT2D eigenvalue weighted by Crippen LogP contribution is -2.63. The van der Waals surface area contributed by atoms with Crippen LogP contribution in [0.1, 0.15) is 53.4 Å². The number of hydrogen-bond acceptors (Lipinski definition) is 12. The average molecular weight is 516 g/mol. The molecule has 36 heavy (non-hydrogen) atoms. The molecule has 5 atom stereocenters.